The van der Waals surface area contributed by atoms with E-state index in [9.17, 15) is 13.2 Å². The van der Waals surface area contributed by atoms with Crippen molar-refractivity contribution in [3.05, 3.63) is 0 Å². The van der Waals surface area contributed by atoms with Gasteiger partial charge in [-0.05, 0) is 18.8 Å². The largest absolute Gasteiger partial charge is 0.340 e. The highest BCUT2D eigenvalue weighted by atomic mass is 32.2. The van der Waals surface area contributed by atoms with Gasteiger partial charge in [-0.25, -0.2) is 8.42 Å². The minimum Gasteiger partial charge on any atom is -0.340 e. The standard InChI is InChI=1S/C13H25N3O3S/c1-20(18,19)16-8-6-15(7-9-16)13(17)10-11-4-2-3-5-12(11)14/h11-12H,2-10,14H2,1H3. The van der Waals surface area contributed by atoms with Crippen LogP contribution in [0.1, 0.15) is 32.1 Å². The molecule has 0 aromatic carbocycles. The summed E-state index contributed by atoms with van der Waals surface area (Å²) >= 11 is 0. The van der Waals surface area contributed by atoms with E-state index in [1.165, 1.54) is 17.0 Å². The molecule has 1 aliphatic carbocycles. The summed E-state index contributed by atoms with van der Waals surface area (Å²) in [6.45, 7) is 1.80. The third-order valence-electron chi connectivity index (χ3n) is 4.47. The Labute approximate surface area is 121 Å². The quantitative estimate of drug-likeness (QED) is 0.795. The van der Waals surface area contributed by atoms with Crippen molar-refractivity contribution in [2.24, 2.45) is 11.7 Å². The Balaban J connectivity index is 1.83. The monoisotopic (exact) mass is 303 g/mol. The molecule has 1 saturated carbocycles. The lowest BCUT2D eigenvalue weighted by molar-refractivity contribution is -0.133. The van der Waals surface area contributed by atoms with E-state index < -0.39 is 10.0 Å². The molecule has 1 amide bonds. The van der Waals surface area contributed by atoms with Gasteiger partial charge in [-0.15, -0.1) is 0 Å². The molecule has 0 spiro atoms. The molecule has 0 radical (unpaired) electrons. The zero-order chi connectivity index (χ0) is 14.8. The van der Waals surface area contributed by atoms with Crippen LogP contribution in [0.25, 0.3) is 0 Å². The smallest absolute Gasteiger partial charge is 0.222 e. The Morgan fingerprint density at radius 3 is 2.30 bits per heavy atom. The maximum atomic E-state index is 12.3. The predicted molar refractivity (Wildman–Crippen MR) is 77.5 cm³/mol. The van der Waals surface area contributed by atoms with Gasteiger partial charge >= 0.3 is 0 Å². The summed E-state index contributed by atoms with van der Waals surface area (Å²) in [7, 11) is -3.14. The molecule has 2 fully saturated rings. The number of carbonyl (C=O) groups is 1. The van der Waals surface area contributed by atoms with Gasteiger partial charge in [0.15, 0.2) is 0 Å². The number of sulfonamides is 1. The van der Waals surface area contributed by atoms with E-state index in [-0.39, 0.29) is 11.9 Å². The van der Waals surface area contributed by atoms with E-state index in [2.05, 4.69) is 0 Å². The van der Waals surface area contributed by atoms with Gasteiger partial charge in [-0.1, -0.05) is 12.8 Å². The van der Waals surface area contributed by atoms with Crippen molar-refractivity contribution >= 4 is 15.9 Å². The third kappa shape index (κ3) is 3.93. The van der Waals surface area contributed by atoms with Gasteiger partial charge in [0.1, 0.15) is 0 Å². The molecule has 6 nitrogen and oxygen atoms in total. The maximum absolute atomic E-state index is 12.3. The molecule has 0 aromatic rings. The lowest BCUT2D eigenvalue weighted by atomic mass is 9.82. The fourth-order valence-corrected chi connectivity index (χ4v) is 3.94. The van der Waals surface area contributed by atoms with Gasteiger partial charge in [0.05, 0.1) is 6.26 Å². The van der Waals surface area contributed by atoms with Crippen LogP contribution in [0.15, 0.2) is 0 Å². The number of carbonyl (C=O) groups excluding carboxylic acids is 1. The second-order valence-corrected chi connectivity index (χ2v) is 7.94. The fourth-order valence-electron chi connectivity index (χ4n) is 3.11. The number of hydrogen-bond donors (Lipinski definition) is 1. The van der Waals surface area contributed by atoms with Crippen LogP contribution in [0.3, 0.4) is 0 Å². The van der Waals surface area contributed by atoms with E-state index >= 15 is 0 Å². The molecule has 2 unspecified atom stereocenters. The summed E-state index contributed by atoms with van der Waals surface area (Å²) < 4.78 is 24.3. The minimum atomic E-state index is -3.14. The fraction of sp³-hybridized carbons (Fsp3) is 0.923. The lowest BCUT2D eigenvalue weighted by Gasteiger charge is -2.35. The van der Waals surface area contributed by atoms with Crippen LogP contribution in [-0.4, -0.2) is 62.0 Å². The van der Waals surface area contributed by atoms with Gasteiger partial charge in [0.25, 0.3) is 0 Å². The molecule has 1 aliphatic heterocycles. The van der Waals surface area contributed by atoms with Crippen molar-refractivity contribution in [2.45, 2.75) is 38.1 Å². The average molecular weight is 303 g/mol. The van der Waals surface area contributed by atoms with E-state index in [1.54, 1.807) is 4.90 Å². The Hall–Kier alpha value is -0.660. The molecule has 2 N–H and O–H groups in total. The number of nitrogens with zero attached hydrogens (tertiary/aromatic N) is 2. The van der Waals surface area contributed by atoms with E-state index in [4.69, 9.17) is 5.73 Å². The highest BCUT2D eigenvalue weighted by molar-refractivity contribution is 7.88. The van der Waals surface area contributed by atoms with Crippen LogP contribution in [-0.2, 0) is 14.8 Å². The number of nitrogens with two attached hydrogens (primary N) is 1. The maximum Gasteiger partial charge on any atom is 0.222 e. The molecule has 0 aromatic heterocycles. The molecule has 116 valence electrons. The highest BCUT2D eigenvalue weighted by Crippen LogP contribution is 2.26. The van der Waals surface area contributed by atoms with Crippen LogP contribution >= 0.6 is 0 Å². The van der Waals surface area contributed by atoms with Crippen LogP contribution in [0.5, 0.6) is 0 Å². The van der Waals surface area contributed by atoms with Gasteiger partial charge in [0.2, 0.25) is 15.9 Å². The minimum absolute atomic E-state index is 0.125. The van der Waals surface area contributed by atoms with Gasteiger partial charge in [-0.3, -0.25) is 4.79 Å². The van der Waals surface area contributed by atoms with Crippen molar-refractivity contribution in [2.75, 3.05) is 32.4 Å². The van der Waals surface area contributed by atoms with Crippen molar-refractivity contribution < 1.29 is 13.2 Å². The van der Waals surface area contributed by atoms with Crippen molar-refractivity contribution in [3.8, 4) is 0 Å². The predicted octanol–water partition coefficient (Wildman–Crippen LogP) is -0.00220. The Morgan fingerprint density at radius 1 is 1.15 bits per heavy atom. The first-order chi connectivity index (χ1) is 9.38. The van der Waals surface area contributed by atoms with E-state index in [0.29, 0.717) is 38.5 Å². The number of piperazine rings is 1. The first-order valence-electron chi connectivity index (χ1n) is 7.36. The molecule has 7 heteroatoms. The lowest BCUT2D eigenvalue weighted by Crippen LogP contribution is -2.51. The number of rotatable bonds is 3. The second kappa shape index (κ2) is 6.41. The summed E-state index contributed by atoms with van der Waals surface area (Å²) in [5, 5.41) is 0. The van der Waals surface area contributed by atoms with E-state index in [0.717, 1.165) is 19.3 Å². The molecule has 2 aliphatic rings. The Kier molecular flexibility index (Phi) is 5.04. The number of hydrogen-bond acceptors (Lipinski definition) is 4. The van der Waals surface area contributed by atoms with Crippen molar-refractivity contribution in [1.82, 2.24) is 9.21 Å². The van der Waals surface area contributed by atoms with Crippen LogP contribution in [0, 0.1) is 5.92 Å². The molecule has 2 rings (SSSR count). The van der Waals surface area contributed by atoms with Gasteiger partial charge in [-0.2, -0.15) is 4.31 Å². The zero-order valence-corrected chi connectivity index (χ0v) is 12.9. The highest BCUT2D eigenvalue weighted by Gasteiger charge is 2.29. The van der Waals surface area contributed by atoms with Crippen LogP contribution < -0.4 is 5.73 Å². The molecule has 20 heavy (non-hydrogen) atoms. The van der Waals surface area contributed by atoms with Gasteiger partial charge < -0.3 is 10.6 Å². The Morgan fingerprint density at radius 2 is 1.75 bits per heavy atom. The molecular formula is C13H25N3O3S. The number of amides is 1. The summed E-state index contributed by atoms with van der Waals surface area (Å²) in [6, 6.07) is 0.144. The van der Waals surface area contributed by atoms with Crippen molar-refractivity contribution in [3.63, 3.8) is 0 Å². The topological polar surface area (TPSA) is 83.7 Å². The Bertz CT molecular complexity index is 444. The summed E-state index contributed by atoms with van der Waals surface area (Å²) in [4.78, 5) is 14.1. The average Bonchev–Trinajstić information content (AvgIpc) is 2.40. The van der Waals surface area contributed by atoms with Crippen LogP contribution in [0.2, 0.25) is 0 Å². The molecule has 0 bridgehead atoms. The normalized spacial score (nSPS) is 29.4. The summed E-state index contributed by atoms with van der Waals surface area (Å²) in [6.07, 6.45) is 6.11. The van der Waals surface area contributed by atoms with Gasteiger partial charge in [0, 0.05) is 38.6 Å². The molecule has 1 heterocycles. The van der Waals surface area contributed by atoms with Crippen molar-refractivity contribution in [1.29, 1.82) is 0 Å². The molecule has 1 saturated heterocycles. The third-order valence-corrected chi connectivity index (χ3v) is 5.77. The first-order valence-corrected chi connectivity index (χ1v) is 9.21. The molecular weight excluding hydrogens is 278 g/mol. The zero-order valence-electron chi connectivity index (χ0n) is 12.1. The molecule has 2 atom stereocenters. The first kappa shape index (κ1) is 15.7. The second-order valence-electron chi connectivity index (χ2n) is 5.96. The van der Waals surface area contributed by atoms with E-state index in [1.807, 2.05) is 0 Å². The van der Waals surface area contributed by atoms with Crippen LogP contribution in [0.4, 0.5) is 0 Å². The summed E-state index contributed by atoms with van der Waals surface area (Å²) in [5.74, 6) is 0.421. The SMILES string of the molecule is CS(=O)(=O)N1CCN(C(=O)CC2CCCCC2N)CC1. The summed E-state index contributed by atoms with van der Waals surface area (Å²) in [5.41, 5.74) is 6.08.